The zero-order valence-corrected chi connectivity index (χ0v) is 5.59. The Hall–Kier alpha value is -1.58. The normalized spacial score (nSPS) is 14.4. The van der Waals surface area contributed by atoms with Crippen LogP contribution in [0.3, 0.4) is 0 Å². The third-order valence-corrected chi connectivity index (χ3v) is 1.63. The molecule has 1 N–H and O–H groups in total. The smallest absolute Gasteiger partial charge is 0.339 e. The number of pyridine rings is 1. The van der Waals surface area contributed by atoms with Crippen molar-refractivity contribution in [2.75, 3.05) is 0 Å². The number of hydrogen-bond acceptors (Lipinski definition) is 3. The SMILES string of the molecule is O=C1OCc2c1cc[nH]c2=O. The van der Waals surface area contributed by atoms with Gasteiger partial charge in [-0.1, -0.05) is 0 Å². The number of aromatic nitrogens is 1. The molecule has 0 aromatic carbocycles. The Bertz CT molecular complexity index is 366. The molecule has 0 atom stereocenters. The Balaban J connectivity index is 2.76. The Kier molecular flexibility index (Phi) is 1.09. The molecule has 0 bridgehead atoms. The fraction of sp³-hybridized carbons (Fsp3) is 0.143. The van der Waals surface area contributed by atoms with Gasteiger partial charge in [0.2, 0.25) is 0 Å². The number of aromatic amines is 1. The van der Waals surface area contributed by atoms with E-state index in [1.54, 1.807) is 6.07 Å². The van der Waals surface area contributed by atoms with E-state index in [-0.39, 0.29) is 12.2 Å². The fourth-order valence-electron chi connectivity index (χ4n) is 1.06. The molecule has 0 unspecified atom stereocenters. The van der Waals surface area contributed by atoms with Crippen molar-refractivity contribution in [2.45, 2.75) is 6.61 Å². The van der Waals surface area contributed by atoms with Gasteiger partial charge in [0.1, 0.15) is 6.61 Å². The molecule has 11 heavy (non-hydrogen) atoms. The summed E-state index contributed by atoms with van der Waals surface area (Å²) in [5, 5.41) is 0. The molecule has 0 amide bonds. The highest BCUT2D eigenvalue weighted by molar-refractivity contribution is 5.92. The summed E-state index contributed by atoms with van der Waals surface area (Å²) in [6.07, 6.45) is 1.44. The van der Waals surface area contributed by atoms with Crippen LogP contribution in [-0.2, 0) is 11.3 Å². The quantitative estimate of drug-likeness (QED) is 0.533. The number of carbonyl (C=O) groups is 1. The van der Waals surface area contributed by atoms with Crippen molar-refractivity contribution >= 4 is 5.97 Å². The van der Waals surface area contributed by atoms with E-state index >= 15 is 0 Å². The van der Waals surface area contributed by atoms with Gasteiger partial charge in [-0.15, -0.1) is 0 Å². The van der Waals surface area contributed by atoms with E-state index in [1.165, 1.54) is 6.20 Å². The molecule has 0 spiro atoms. The Morgan fingerprint density at radius 2 is 2.27 bits per heavy atom. The summed E-state index contributed by atoms with van der Waals surface area (Å²) < 4.78 is 4.65. The van der Waals surface area contributed by atoms with Crippen LogP contribution in [0.5, 0.6) is 0 Å². The predicted molar refractivity (Wildman–Crippen MR) is 36.2 cm³/mol. The van der Waals surface area contributed by atoms with Crippen molar-refractivity contribution < 1.29 is 9.53 Å². The van der Waals surface area contributed by atoms with Gasteiger partial charge in [-0.25, -0.2) is 4.79 Å². The topological polar surface area (TPSA) is 59.2 Å². The van der Waals surface area contributed by atoms with Gasteiger partial charge in [0.25, 0.3) is 5.56 Å². The highest BCUT2D eigenvalue weighted by atomic mass is 16.5. The average Bonchev–Trinajstić information content (AvgIpc) is 2.35. The summed E-state index contributed by atoms with van der Waals surface area (Å²) in [5.41, 5.74) is 0.569. The molecule has 4 nitrogen and oxygen atoms in total. The van der Waals surface area contributed by atoms with Crippen molar-refractivity contribution in [2.24, 2.45) is 0 Å². The van der Waals surface area contributed by atoms with Crippen molar-refractivity contribution in [3.63, 3.8) is 0 Å². The molecule has 0 aliphatic carbocycles. The third-order valence-electron chi connectivity index (χ3n) is 1.63. The molecule has 2 rings (SSSR count). The summed E-state index contributed by atoms with van der Waals surface area (Å²) in [6, 6.07) is 1.55. The number of hydrogen-bond donors (Lipinski definition) is 1. The van der Waals surface area contributed by atoms with E-state index in [9.17, 15) is 9.59 Å². The van der Waals surface area contributed by atoms with Crippen LogP contribution in [0.2, 0.25) is 0 Å². The van der Waals surface area contributed by atoms with E-state index in [1.807, 2.05) is 0 Å². The number of fused-ring (bicyclic) bond motifs is 1. The van der Waals surface area contributed by atoms with Gasteiger partial charge in [-0.05, 0) is 6.07 Å². The molecule has 1 aliphatic rings. The monoisotopic (exact) mass is 151 g/mol. The van der Waals surface area contributed by atoms with Crippen molar-refractivity contribution in [1.29, 1.82) is 0 Å². The number of rotatable bonds is 0. The lowest BCUT2D eigenvalue weighted by molar-refractivity contribution is 0.0534. The van der Waals surface area contributed by atoms with E-state index in [2.05, 4.69) is 9.72 Å². The Labute approximate surface area is 61.8 Å². The second-order valence-electron chi connectivity index (χ2n) is 2.28. The minimum Gasteiger partial charge on any atom is -0.457 e. The lowest BCUT2D eigenvalue weighted by Gasteiger charge is -1.88. The van der Waals surface area contributed by atoms with Crippen molar-refractivity contribution in [3.8, 4) is 0 Å². The van der Waals surface area contributed by atoms with Crippen LogP contribution < -0.4 is 5.56 Å². The standard InChI is InChI=1S/C7H5NO3/c9-6-5-3-11-7(10)4(5)1-2-8-6/h1-2H,3H2,(H,8,9). The van der Waals surface area contributed by atoms with E-state index in [0.29, 0.717) is 11.1 Å². The summed E-state index contributed by atoms with van der Waals surface area (Å²) in [6.45, 7) is 0.102. The van der Waals surface area contributed by atoms with Gasteiger partial charge in [0.15, 0.2) is 0 Å². The summed E-state index contributed by atoms with van der Waals surface area (Å²) in [5.74, 6) is -0.411. The van der Waals surface area contributed by atoms with Gasteiger partial charge in [0.05, 0.1) is 11.1 Å². The average molecular weight is 151 g/mol. The number of esters is 1. The first-order valence-corrected chi connectivity index (χ1v) is 3.17. The Morgan fingerprint density at radius 3 is 3.00 bits per heavy atom. The molecule has 1 aliphatic heterocycles. The maximum absolute atomic E-state index is 11.0. The van der Waals surface area contributed by atoms with Gasteiger partial charge in [-0.3, -0.25) is 4.79 Å². The minimum absolute atomic E-state index is 0.102. The zero-order valence-electron chi connectivity index (χ0n) is 5.59. The number of cyclic esters (lactones) is 1. The maximum Gasteiger partial charge on any atom is 0.339 e. The summed E-state index contributed by atoms with van der Waals surface area (Å²) >= 11 is 0. The predicted octanol–water partition coefficient (Wildman–Crippen LogP) is 0.0453. The minimum atomic E-state index is -0.411. The van der Waals surface area contributed by atoms with Crippen LogP contribution in [0.25, 0.3) is 0 Å². The van der Waals surface area contributed by atoms with E-state index < -0.39 is 5.97 Å². The molecule has 1 aromatic heterocycles. The first-order chi connectivity index (χ1) is 5.29. The molecule has 4 heteroatoms. The molecule has 0 radical (unpaired) electrons. The van der Waals surface area contributed by atoms with Crippen molar-refractivity contribution in [1.82, 2.24) is 4.98 Å². The van der Waals surface area contributed by atoms with Crippen LogP contribution in [-0.4, -0.2) is 11.0 Å². The van der Waals surface area contributed by atoms with Crippen LogP contribution in [0.15, 0.2) is 17.1 Å². The molecular weight excluding hydrogens is 146 g/mol. The van der Waals surface area contributed by atoms with E-state index in [0.717, 1.165) is 0 Å². The van der Waals surface area contributed by atoms with Gasteiger partial charge >= 0.3 is 5.97 Å². The van der Waals surface area contributed by atoms with Crippen LogP contribution in [0, 0.1) is 0 Å². The lowest BCUT2D eigenvalue weighted by atomic mass is 10.2. The van der Waals surface area contributed by atoms with Crippen LogP contribution in [0.1, 0.15) is 15.9 Å². The molecular formula is C7H5NO3. The van der Waals surface area contributed by atoms with Gasteiger partial charge in [0, 0.05) is 6.20 Å². The molecule has 0 fully saturated rings. The van der Waals surface area contributed by atoms with Crippen molar-refractivity contribution in [3.05, 3.63) is 33.7 Å². The summed E-state index contributed by atoms with van der Waals surface area (Å²) in [4.78, 5) is 24.3. The van der Waals surface area contributed by atoms with Gasteiger partial charge < -0.3 is 9.72 Å². The largest absolute Gasteiger partial charge is 0.457 e. The van der Waals surface area contributed by atoms with Crippen LogP contribution in [0.4, 0.5) is 0 Å². The lowest BCUT2D eigenvalue weighted by Crippen LogP contribution is -2.11. The molecule has 1 aromatic rings. The van der Waals surface area contributed by atoms with E-state index in [4.69, 9.17) is 0 Å². The maximum atomic E-state index is 11.0. The zero-order chi connectivity index (χ0) is 7.84. The highest BCUT2D eigenvalue weighted by Crippen LogP contribution is 2.13. The Morgan fingerprint density at radius 1 is 1.45 bits per heavy atom. The first-order valence-electron chi connectivity index (χ1n) is 3.17. The highest BCUT2D eigenvalue weighted by Gasteiger charge is 2.22. The number of H-pyrrole nitrogens is 1. The molecule has 0 saturated heterocycles. The number of carbonyl (C=O) groups excluding carboxylic acids is 1. The number of nitrogens with one attached hydrogen (secondary N) is 1. The number of ether oxygens (including phenoxy) is 1. The second kappa shape index (κ2) is 1.95. The first kappa shape index (κ1) is 6.15. The fourth-order valence-corrected chi connectivity index (χ4v) is 1.06. The molecule has 0 saturated carbocycles. The van der Waals surface area contributed by atoms with Gasteiger partial charge in [-0.2, -0.15) is 0 Å². The summed E-state index contributed by atoms with van der Waals surface area (Å²) in [7, 11) is 0. The third kappa shape index (κ3) is 0.756. The second-order valence-corrected chi connectivity index (χ2v) is 2.28. The molecule has 2 heterocycles. The molecule has 56 valence electrons. The van der Waals surface area contributed by atoms with Crippen LogP contribution >= 0.6 is 0 Å².